The standard InChI is InChI=1S/C17H17BrO3/c18-14-10-13(11-16-17(14)21-8-4-7-20-16)15(19)9-12-5-2-1-3-6-12/h1-3,5-6,10-11,15,19H,4,7-9H2. The predicted molar refractivity (Wildman–Crippen MR) is 84.9 cm³/mol. The molecule has 0 saturated heterocycles. The van der Waals surface area contributed by atoms with Crippen LogP contribution in [-0.4, -0.2) is 18.3 Å². The minimum absolute atomic E-state index is 0.569. The number of rotatable bonds is 3. The van der Waals surface area contributed by atoms with Crippen LogP contribution in [0.15, 0.2) is 46.9 Å². The van der Waals surface area contributed by atoms with E-state index in [4.69, 9.17) is 9.47 Å². The molecule has 1 unspecified atom stereocenters. The molecule has 4 heteroatoms. The predicted octanol–water partition coefficient (Wildman–Crippen LogP) is 3.89. The van der Waals surface area contributed by atoms with E-state index < -0.39 is 6.10 Å². The van der Waals surface area contributed by atoms with E-state index in [0.717, 1.165) is 27.8 Å². The molecular formula is C17H17BrO3. The molecular weight excluding hydrogens is 332 g/mol. The monoisotopic (exact) mass is 348 g/mol. The van der Waals surface area contributed by atoms with Gasteiger partial charge >= 0.3 is 0 Å². The molecule has 110 valence electrons. The van der Waals surface area contributed by atoms with Crippen LogP contribution in [0.1, 0.15) is 23.7 Å². The van der Waals surface area contributed by atoms with Gasteiger partial charge in [0, 0.05) is 12.8 Å². The first-order valence-corrected chi connectivity index (χ1v) is 7.84. The molecule has 2 aromatic carbocycles. The van der Waals surface area contributed by atoms with Crippen molar-refractivity contribution in [3.05, 3.63) is 58.1 Å². The molecule has 1 atom stereocenters. The fraction of sp³-hybridized carbons (Fsp3) is 0.294. The van der Waals surface area contributed by atoms with Gasteiger partial charge in [0.1, 0.15) is 0 Å². The normalized spacial score (nSPS) is 15.3. The van der Waals surface area contributed by atoms with Crippen molar-refractivity contribution in [2.24, 2.45) is 0 Å². The van der Waals surface area contributed by atoms with Crippen LogP contribution in [0.4, 0.5) is 0 Å². The lowest BCUT2D eigenvalue weighted by Gasteiger charge is -2.15. The fourth-order valence-corrected chi connectivity index (χ4v) is 2.97. The highest BCUT2D eigenvalue weighted by Gasteiger charge is 2.18. The first-order chi connectivity index (χ1) is 10.2. The van der Waals surface area contributed by atoms with Crippen molar-refractivity contribution in [2.45, 2.75) is 18.9 Å². The topological polar surface area (TPSA) is 38.7 Å². The molecule has 1 N–H and O–H groups in total. The van der Waals surface area contributed by atoms with Gasteiger partial charge in [0.2, 0.25) is 0 Å². The molecule has 3 rings (SSSR count). The number of benzene rings is 2. The van der Waals surface area contributed by atoms with Crippen LogP contribution in [0.5, 0.6) is 11.5 Å². The zero-order chi connectivity index (χ0) is 14.7. The molecule has 1 aliphatic rings. The summed E-state index contributed by atoms with van der Waals surface area (Å²) in [5.74, 6) is 1.42. The molecule has 1 heterocycles. The van der Waals surface area contributed by atoms with E-state index in [-0.39, 0.29) is 0 Å². The first kappa shape index (κ1) is 14.4. The third-order valence-electron chi connectivity index (χ3n) is 3.48. The second kappa shape index (κ2) is 6.50. The Labute approximate surface area is 132 Å². The van der Waals surface area contributed by atoms with Crippen molar-refractivity contribution in [3.63, 3.8) is 0 Å². The highest BCUT2D eigenvalue weighted by molar-refractivity contribution is 9.10. The lowest BCUT2D eigenvalue weighted by atomic mass is 10.0. The van der Waals surface area contributed by atoms with Crippen molar-refractivity contribution in [1.29, 1.82) is 0 Å². The molecule has 0 aliphatic carbocycles. The maximum atomic E-state index is 10.5. The minimum Gasteiger partial charge on any atom is -0.490 e. The van der Waals surface area contributed by atoms with Gasteiger partial charge in [-0.25, -0.2) is 0 Å². The second-order valence-corrected chi connectivity index (χ2v) is 5.94. The summed E-state index contributed by atoms with van der Waals surface area (Å²) >= 11 is 3.51. The number of ether oxygens (including phenoxy) is 2. The third kappa shape index (κ3) is 3.39. The molecule has 0 fully saturated rings. The van der Waals surface area contributed by atoms with E-state index in [2.05, 4.69) is 15.9 Å². The summed E-state index contributed by atoms with van der Waals surface area (Å²) in [5, 5.41) is 10.5. The summed E-state index contributed by atoms with van der Waals surface area (Å²) < 4.78 is 12.2. The maximum absolute atomic E-state index is 10.5. The molecule has 0 amide bonds. The Bertz CT molecular complexity index is 613. The Kier molecular flexibility index (Phi) is 4.46. The van der Waals surface area contributed by atoms with Crippen LogP contribution in [0.2, 0.25) is 0 Å². The average Bonchev–Trinajstić information content (AvgIpc) is 2.74. The molecule has 3 nitrogen and oxygen atoms in total. The summed E-state index contributed by atoms with van der Waals surface area (Å²) in [6.45, 7) is 1.29. The number of hydrogen-bond acceptors (Lipinski definition) is 3. The first-order valence-electron chi connectivity index (χ1n) is 7.05. The van der Waals surface area contributed by atoms with Gasteiger partial charge in [-0.3, -0.25) is 0 Å². The third-order valence-corrected chi connectivity index (χ3v) is 4.07. The van der Waals surface area contributed by atoms with Gasteiger partial charge in [-0.05, 0) is 39.2 Å². The van der Waals surface area contributed by atoms with Gasteiger partial charge in [-0.2, -0.15) is 0 Å². The second-order valence-electron chi connectivity index (χ2n) is 5.09. The van der Waals surface area contributed by atoms with Gasteiger partial charge in [-0.15, -0.1) is 0 Å². The van der Waals surface area contributed by atoms with E-state index in [1.54, 1.807) is 0 Å². The van der Waals surface area contributed by atoms with Crippen LogP contribution in [-0.2, 0) is 6.42 Å². The molecule has 0 saturated carbocycles. The van der Waals surface area contributed by atoms with Crippen LogP contribution >= 0.6 is 15.9 Å². The van der Waals surface area contributed by atoms with Gasteiger partial charge < -0.3 is 14.6 Å². The Morgan fingerprint density at radius 2 is 1.86 bits per heavy atom. The van der Waals surface area contributed by atoms with Gasteiger partial charge in [0.05, 0.1) is 23.8 Å². The number of aliphatic hydroxyl groups is 1. The number of fused-ring (bicyclic) bond motifs is 1. The molecule has 0 spiro atoms. The zero-order valence-electron chi connectivity index (χ0n) is 11.6. The lowest BCUT2D eigenvalue weighted by Crippen LogP contribution is -2.03. The highest BCUT2D eigenvalue weighted by Crippen LogP contribution is 2.39. The van der Waals surface area contributed by atoms with Gasteiger partial charge in [0.25, 0.3) is 0 Å². The van der Waals surface area contributed by atoms with Crippen molar-refractivity contribution in [3.8, 4) is 11.5 Å². The molecule has 21 heavy (non-hydrogen) atoms. The molecule has 2 aromatic rings. The molecule has 0 radical (unpaired) electrons. The lowest BCUT2D eigenvalue weighted by molar-refractivity contribution is 0.177. The van der Waals surface area contributed by atoms with Crippen LogP contribution in [0.3, 0.4) is 0 Å². The zero-order valence-corrected chi connectivity index (χ0v) is 13.2. The number of aliphatic hydroxyl groups excluding tert-OH is 1. The van der Waals surface area contributed by atoms with Crippen LogP contribution in [0, 0.1) is 0 Å². The van der Waals surface area contributed by atoms with Gasteiger partial charge in [-0.1, -0.05) is 30.3 Å². The molecule has 0 bridgehead atoms. The minimum atomic E-state index is -0.569. The van der Waals surface area contributed by atoms with Crippen LogP contribution < -0.4 is 9.47 Å². The summed E-state index contributed by atoms with van der Waals surface area (Å²) in [5.41, 5.74) is 1.93. The summed E-state index contributed by atoms with van der Waals surface area (Å²) in [6, 6.07) is 13.7. The van der Waals surface area contributed by atoms with Crippen molar-refractivity contribution < 1.29 is 14.6 Å². The number of halogens is 1. The Balaban J connectivity index is 1.85. The SMILES string of the molecule is OC(Cc1ccccc1)c1cc(Br)c2c(c1)OCCCO2. The molecule has 1 aliphatic heterocycles. The fourth-order valence-electron chi connectivity index (χ4n) is 2.40. The van der Waals surface area contributed by atoms with Crippen molar-refractivity contribution in [2.75, 3.05) is 13.2 Å². The van der Waals surface area contributed by atoms with E-state index >= 15 is 0 Å². The summed E-state index contributed by atoms with van der Waals surface area (Å²) in [7, 11) is 0. The molecule has 0 aromatic heterocycles. The van der Waals surface area contributed by atoms with E-state index in [9.17, 15) is 5.11 Å². The average molecular weight is 349 g/mol. The van der Waals surface area contributed by atoms with Gasteiger partial charge in [0.15, 0.2) is 11.5 Å². The van der Waals surface area contributed by atoms with E-state index in [1.165, 1.54) is 0 Å². The van der Waals surface area contributed by atoms with Crippen LogP contribution in [0.25, 0.3) is 0 Å². The number of hydrogen-bond donors (Lipinski definition) is 1. The Morgan fingerprint density at radius 1 is 1.10 bits per heavy atom. The summed E-state index contributed by atoms with van der Waals surface area (Å²) in [4.78, 5) is 0. The van der Waals surface area contributed by atoms with Crippen molar-refractivity contribution in [1.82, 2.24) is 0 Å². The Morgan fingerprint density at radius 3 is 2.67 bits per heavy atom. The highest BCUT2D eigenvalue weighted by atomic mass is 79.9. The van der Waals surface area contributed by atoms with E-state index in [1.807, 2.05) is 42.5 Å². The quantitative estimate of drug-likeness (QED) is 0.914. The van der Waals surface area contributed by atoms with E-state index in [0.29, 0.717) is 25.4 Å². The van der Waals surface area contributed by atoms with Crippen molar-refractivity contribution >= 4 is 15.9 Å². The summed E-state index contributed by atoms with van der Waals surface area (Å²) in [6.07, 6.45) is 0.872. The maximum Gasteiger partial charge on any atom is 0.175 e. The Hall–Kier alpha value is -1.52. The smallest absolute Gasteiger partial charge is 0.175 e. The largest absolute Gasteiger partial charge is 0.490 e.